The maximum atomic E-state index is 12.1. The molecule has 7 nitrogen and oxygen atoms in total. The molecule has 3 amide bonds. The Bertz CT molecular complexity index is 580. The van der Waals surface area contributed by atoms with Crippen LogP contribution in [-0.2, 0) is 4.84 Å². The summed E-state index contributed by atoms with van der Waals surface area (Å²) in [5, 5.41) is 9.77. The number of hydrogen-bond donors (Lipinski definition) is 1. The lowest BCUT2D eigenvalue weighted by molar-refractivity contribution is -0.103. The van der Waals surface area contributed by atoms with Crippen molar-refractivity contribution in [2.45, 2.75) is 18.9 Å². The van der Waals surface area contributed by atoms with Gasteiger partial charge in [-0.3, -0.25) is 14.4 Å². The summed E-state index contributed by atoms with van der Waals surface area (Å²) in [5.74, 6) is -1.01. The molecule has 1 aromatic carbocycles. The number of imide groups is 1. The highest BCUT2D eigenvalue weighted by molar-refractivity contribution is 6.20. The Hall–Kier alpha value is -2.41. The molecule has 21 heavy (non-hydrogen) atoms. The second-order valence-corrected chi connectivity index (χ2v) is 5.02. The van der Waals surface area contributed by atoms with Gasteiger partial charge in [-0.1, -0.05) is 12.1 Å². The molecule has 2 aliphatic heterocycles. The first-order chi connectivity index (χ1) is 10.1. The number of hydrogen-bond acceptors (Lipinski definition) is 4. The fourth-order valence-electron chi connectivity index (χ4n) is 2.71. The van der Waals surface area contributed by atoms with E-state index in [1.165, 1.54) is 4.90 Å². The molecule has 110 valence electrons. The van der Waals surface area contributed by atoms with E-state index in [9.17, 15) is 14.4 Å². The Kier molecular flexibility index (Phi) is 3.34. The van der Waals surface area contributed by atoms with E-state index >= 15 is 0 Å². The van der Waals surface area contributed by atoms with E-state index in [-0.39, 0.29) is 12.6 Å². The van der Waals surface area contributed by atoms with E-state index in [0.717, 1.165) is 11.5 Å². The number of nitrogens with zero attached hydrogens (tertiary/aromatic N) is 2. The van der Waals surface area contributed by atoms with Crippen LogP contribution in [0.25, 0.3) is 0 Å². The van der Waals surface area contributed by atoms with Gasteiger partial charge in [-0.05, 0) is 25.0 Å². The van der Waals surface area contributed by atoms with Gasteiger partial charge >= 0.3 is 6.09 Å². The molecule has 0 aliphatic carbocycles. The van der Waals surface area contributed by atoms with Crippen molar-refractivity contribution in [1.29, 1.82) is 0 Å². The smallest absolute Gasteiger partial charge is 0.407 e. The van der Waals surface area contributed by atoms with Gasteiger partial charge in [-0.15, -0.1) is 5.06 Å². The van der Waals surface area contributed by atoms with E-state index in [1.807, 2.05) is 0 Å². The normalized spacial score (nSPS) is 21.0. The molecule has 2 aliphatic rings. The van der Waals surface area contributed by atoms with Gasteiger partial charge < -0.3 is 10.0 Å². The monoisotopic (exact) mass is 290 g/mol. The van der Waals surface area contributed by atoms with Crippen LogP contribution in [0.15, 0.2) is 24.3 Å². The van der Waals surface area contributed by atoms with Crippen molar-refractivity contribution in [2.24, 2.45) is 0 Å². The number of benzene rings is 1. The van der Waals surface area contributed by atoms with Crippen LogP contribution in [-0.4, -0.2) is 52.2 Å². The minimum atomic E-state index is -1.01. The van der Waals surface area contributed by atoms with Crippen LogP contribution in [0, 0.1) is 0 Å². The quantitative estimate of drug-likeness (QED) is 0.849. The number of fused-ring (bicyclic) bond motifs is 1. The van der Waals surface area contributed by atoms with Gasteiger partial charge in [0.2, 0.25) is 0 Å². The Morgan fingerprint density at radius 2 is 1.86 bits per heavy atom. The maximum absolute atomic E-state index is 12.1. The predicted molar refractivity (Wildman–Crippen MR) is 70.6 cm³/mol. The number of carbonyl (C=O) groups excluding carboxylic acids is 2. The first-order valence-electron chi connectivity index (χ1n) is 6.70. The zero-order valence-corrected chi connectivity index (χ0v) is 11.2. The number of carbonyl (C=O) groups is 3. The maximum Gasteiger partial charge on any atom is 0.407 e. The Balaban J connectivity index is 1.69. The summed E-state index contributed by atoms with van der Waals surface area (Å²) < 4.78 is 0. The fourth-order valence-corrected chi connectivity index (χ4v) is 2.71. The van der Waals surface area contributed by atoms with E-state index in [4.69, 9.17) is 9.94 Å². The van der Waals surface area contributed by atoms with Gasteiger partial charge in [0, 0.05) is 6.54 Å². The van der Waals surface area contributed by atoms with Crippen molar-refractivity contribution in [2.75, 3.05) is 13.2 Å². The average Bonchev–Trinajstić information content (AvgIpc) is 3.03. The largest absolute Gasteiger partial charge is 0.465 e. The first kappa shape index (κ1) is 13.6. The van der Waals surface area contributed by atoms with Crippen molar-refractivity contribution in [3.05, 3.63) is 35.4 Å². The number of rotatable bonds is 3. The molecule has 0 spiro atoms. The van der Waals surface area contributed by atoms with Crippen LogP contribution in [0.1, 0.15) is 33.6 Å². The van der Waals surface area contributed by atoms with Gasteiger partial charge in [0.05, 0.1) is 23.8 Å². The third-order valence-electron chi connectivity index (χ3n) is 3.78. The zero-order valence-electron chi connectivity index (χ0n) is 11.2. The minimum Gasteiger partial charge on any atom is -0.465 e. The van der Waals surface area contributed by atoms with Crippen LogP contribution >= 0.6 is 0 Å². The van der Waals surface area contributed by atoms with E-state index in [0.29, 0.717) is 24.1 Å². The highest BCUT2D eigenvalue weighted by Gasteiger charge is 2.38. The summed E-state index contributed by atoms with van der Waals surface area (Å²) in [6, 6.07) is 6.16. The summed E-state index contributed by atoms with van der Waals surface area (Å²) in [6.07, 6.45) is 0.404. The molecular weight excluding hydrogens is 276 g/mol. The molecule has 1 saturated heterocycles. The molecule has 0 unspecified atom stereocenters. The fraction of sp³-hybridized carbons (Fsp3) is 0.357. The van der Waals surface area contributed by atoms with Gasteiger partial charge in [0.25, 0.3) is 11.8 Å². The summed E-state index contributed by atoms with van der Waals surface area (Å²) in [7, 11) is 0. The van der Waals surface area contributed by atoms with Crippen LogP contribution in [0.2, 0.25) is 0 Å². The zero-order chi connectivity index (χ0) is 15.0. The molecular formula is C14H14N2O5. The average molecular weight is 290 g/mol. The predicted octanol–water partition coefficient (Wildman–Crippen LogP) is 1.36. The molecule has 0 bridgehead atoms. The third kappa shape index (κ3) is 2.25. The van der Waals surface area contributed by atoms with Gasteiger partial charge in [0.1, 0.15) is 0 Å². The number of likely N-dealkylation sites (tertiary alicyclic amines) is 1. The highest BCUT2D eigenvalue weighted by Crippen LogP contribution is 2.24. The topological polar surface area (TPSA) is 87.2 Å². The molecule has 1 fully saturated rings. The molecule has 7 heteroatoms. The Morgan fingerprint density at radius 3 is 2.43 bits per heavy atom. The Labute approximate surface area is 120 Å². The molecule has 0 saturated carbocycles. The van der Waals surface area contributed by atoms with Crippen molar-refractivity contribution in [3.8, 4) is 0 Å². The van der Waals surface area contributed by atoms with Crippen molar-refractivity contribution in [1.82, 2.24) is 9.96 Å². The van der Waals surface area contributed by atoms with Crippen molar-refractivity contribution in [3.63, 3.8) is 0 Å². The molecule has 1 atom stereocenters. The summed E-state index contributed by atoms with van der Waals surface area (Å²) in [5.41, 5.74) is 0.619. The number of amides is 3. The lowest BCUT2D eigenvalue weighted by Gasteiger charge is -2.23. The van der Waals surface area contributed by atoms with Gasteiger partial charge in [-0.25, -0.2) is 4.79 Å². The number of carboxylic acid groups (broad SMARTS) is 1. The minimum absolute atomic E-state index is 0.00221. The molecule has 0 radical (unpaired) electrons. The molecule has 1 N–H and O–H groups in total. The summed E-state index contributed by atoms with van der Waals surface area (Å²) in [6.45, 7) is 0.448. The first-order valence-corrected chi connectivity index (χ1v) is 6.70. The molecule has 0 aromatic heterocycles. The highest BCUT2D eigenvalue weighted by atomic mass is 16.7. The van der Waals surface area contributed by atoms with Crippen molar-refractivity contribution >= 4 is 17.9 Å². The SMILES string of the molecule is O=C1c2ccccc2C(=O)N1OC[C@@H]1CCCN1C(=O)O. The van der Waals surface area contributed by atoms with E-state index < -0.39 is 17.9 Å². The van der Waals surface area contributed by atoms with Crippen LogP contribution in [0.3, 0.4) is 0 Å². The van der Waals surface area contributed by atoms with Crippen LogP contribution < -0.4 is 0 Å². The third-order valence-corrected chi connectivity index (χ3v) is 3.78. The second-order valence-electron chi connectivity index (χ2n) is 5.02. The lowest BCUT2D eigenvalue weighted by atomic mass is 10.1. The standard InChI is InChI=1S/C14H14N2O5/c17-12-10-5-1-2-6-11(10)13(18)16(12)21-8-9-4-3-7-15(9)14(19)20/h1-2,5-6,9H,3-4,7-8H2,(H,19,20)/t9-/m0/s1. The molecule has 2 heterocycles. The van der Waals surface area contributed by atoms with Crippen LogP contribution in [0.5, 0.6) is 0 Å². The Morgan fingerprint density at radius 1 is 1.24 bits per heavy atom. The van der Waals surface area contributed by atoms with Gasteiger partial charge in [0.15, 0.2) is 0 Å². The van der Waals surface area contributed by atoms with E-state index in [2.05, 4.69) is 0 Å². The summed E-state index contributed by atoms with van der Waals surface area (Å²) >= 11 is 0. The lowest BCUT2D eigenvalue weighted by Crippen LogP contribution is -2.40. The van der Waals surface area contributed by atoms with Crippen LogP contribution in [0.4, 0.5) is 4.79 Å². The second kappa shape index (κ2) is 5.17. The van der Waals surface area contributed by atoms with Gasteiger partial charge in [-0.2, -0.15) is 0 Å². The number of hydroxylamine groups is 2. The van der Waals surface area contributed by atoms with Crippen molar-refractivity contribution < 1.29 is 24.3 Å². The summed E-state index contributed by atoms with van der Waals surface area (Å²) in [4.78, 5) is 41.8. The molecule has 1 aromatic rings. The van der Waals surface area contributed by atoms with E-state index in [1.54, 1.807) is 24.3 Å². The molecule has 3 rings (SSSR count).